The molecule has 2 heterocycles. The van der Waals surface area contributed by atoms with Gasteiger partial charge in [-0.1, -0.05) is 60.3 Å². The molecule has 1 N–H and O–H groups in total. The number of benzene rings is 2. The fourth-order valence-electron chi connectivity index (χ4n) is 2.76. The van der Waals surface area contributed by atoms with E-state index >= 15 is 0 Å². The number of halogens is 1. The lowest BCUT2D eigenvalue weighted by molar-refractivity contribution is -0.119. The third-order valence-electron chi connectivity index (χ3n) is 4.10. The number of aromatic nitrogens is 2. The molecule has 1 atom stereocenters. The van der Waals surface area contributed by atoms with Gasteiger partial charge in [-0.25, -0.2) is 0 Å². The first-order valence-electron chi connectivity index (χ1n) is 8.79. The minimum Gasteiger partial charge on any atom is -0.411 e. The Kier molecular flexibility index (Phi) is 6.43. The molecule has 2 aromatic heterocycles. The molecule has 0 bridgehead atoms. The molecule has 1 amide bonds. The molecule has 0 aliphatic heterocycles. The lowest BCUT2D eigenvalue weighted by Crippen LogP contribution is -2.30. The molecule has 2 aromatic carbocycles. The van der Waals surface area contributed by atoms with E-state index in [2.05, 4.69) is 31.4 Å². The van der Waals surface area contributed by atoms with E-state index in [0.29, 0.717) is 11.1 Å². The lowest BCUT2D eigenvalue weighted by atomic mass is 10.1. The SMILES string of the molecule is O=C(CSc1nnc(-c2ccccc2Br)o1)NC(c1ccccc1)c1cccs1. The molecule has 0 aliphatic rings. The van der Waals surface area contributed by atoms with Gasteiger partial charge in [0, 0.05) is 9.35 Å². The van der Waals surface area contributed by atoms with E-state index in [0.717, 1.165) is 20.5 Å². The van der Waals surface area contributed by atoms with Crippen molar-refractivity contribution >= 4 is 44.9 Å². The molecule has 0 saturated heterocycles. The van der Waals surface area contributed by atoms with Crippen LogP contribution in [0.5, 0.6) is 0 Å². The second-order valence-electron chi connectivity index (χ2n) is 6.07. The van der Waals surface area contributed by atoms with Crippen LogP contribution in [0.25, 0.3) is 11.5 Å². The number of nitrogens with one attached hydrogen (secondary N) is 1. The quantitative estimate of drug-likeness (QED) is 0.347. The number of hydrogen-bond donors (Lipinski definition) is 1. The molecule has 4 rings (SSSR count). The van der Waals surface area contributed by atoms with Crippen molar-refractivity contribution in [3.05, 3.63) is 87.0 Å². The molecule has 0 radical (unpaired) electrons. The second-order valence-corrected chi connectivity index (χ2v) is 8.83. The zero-order valence-electron chi connectivity index (χ0n) is 15.1. The maximum absolute atomic E-state index is 12.6. The molecule has 29 heavy (non-hydrogen) atoms. The van der Waals surface area contributed by atoms with E-state index in [4.69, 9.17) is 4.42 Å². The Bertz CT molecular complexity index is 1080. The van der Waals surface area contributed by atoms with Gasteiger partial charge in [-0.05, 0) is 45.1 Å². The number of thiophene rings is 1. The zero-order chi connectivity index (χ0) is 20.1. The van der Waals surface area contributed by atoms with Crippen molar-refractivity contribution in [1.29, 1.82) is 0 Å². The standard InChI is InChI=1S/C21H16BrN3O2S2/c22-16-10-5-4-9-15(16)20-24-25-21(27-20)29-13-18(26)23-19(17-11-6-12-28-17)14-7-2-1-3-8-14/h1-12,19H,13H2,(H,23,26). The van der Waals surface area contributed by atoms with Crippen LogP contribution in [0.3, 0.4) is 0 Å². The summed E-state index contributed by atoms with van der Waals surface area (Å²) in [6.07, 6.45) is 0. The molecule has 0 saturated carbocycles. The summed E-state index contributed by atoms with van der Waals surface area (Å²) >= 11 is 6.31. The highest BCUT2D eigenvalue weighted by Crippen LogP contribution is 2.29. The van der Waals surface area contributed by atoms with Crippen LogP contribution in [0.15, 0.2) is 86.2 Å². The van der Waals surface area contributed by atoms with Crippen molar-refractivity contribution in [2.24, 2.45) is 0 Å². The smallest absolute Gasteiger partial charge is 0.277 e. The lowest BCUT2D eigenvalue weighted by Gasteiger charge is -2.17. The van der Waals surface area contributed by atoms with Crippen LogP contribution in [-0.2, 0) is 4.79 Å². The van der Waals surface area contributed by atoms with E-state index in [-0.39, 0.29) is 17.7 Å². The summed E-state index contributed by atoms with van der Waals surface area (Å²) in [6.45, 7) is 0. The molecule has 4 aromatic rings. The summed E-state index contributed by atoms with van der Waals surface area (Å²) < 4.78 is 6.57. The van der Waals surface area contributed by atoms with E-state index in [9.17, 15) is 4.79 Å². The van der Waals surface area contributed by atoms with Gasteiger partial charge >= 0.3 is 0 Å². The van der Waals surface area contributed by atoms with Crippen LogP contribution in [0, 0.1) is 0 Å². The van der Waals surface area contributed by atoms with Crippen molar-refractivity contribution in [1.82, 2.24) is 15.5 Å². The number of amides is 1. The van der Waals surface area contributed by atoms with Gasteiger partial charge in [0.2, 0.25) is 11.8 Å². The highest BCUT2D eigenvalue weighted by molar-refractivity contribution is 9.10. The normalized spacial score (nSPS) is 11.9. The summed E-state index contributed by atoms with van der Waals surface area (Å²) in [5.41, 5.74) is 1.86. The summed E-state index contributed by atoms with van der Waals surface area (Å²) in [5, 5.41) is 13.6. The van der Waals surface area contributed by atoms with Gasteiger partial charge in [-0.3, -0.25) is 4.79 Å². The van der Waals surface area contributed by atoms with E-state index in [1.165, 1.54) is 11.8 Å². The van der Waals surface area contributed by atoms with Crippen LogP contribution in [0.1, 0.15) is 16.5 Å². The van der Waals surface area contributed by atoms with E-state index in [1.807, 2.05) is 72.1 Å². The van der Waals surface area contributed by atoms with Crippen molar-refractivity contribution in [2.45, 2.75) is 11.3 Å². The van der Waals surface area contributed by atoms with Gasteiger partial charge in [0.1, 0.15) is 0 Å². The Morgan fingerprint density at radius 2 is 1.86 bits per heavy atom. The van der Waals surface area contributed by atoms with Crippen LogP contribution < -0.4 is 5.32 Å². The minimum atomic E-state index is -0.178. The monoisotopic (exact) mass is 485 g/mol. The Morgan fingerprint density at radius 3 is 2.62 bits per heavy atom. The molecule has 146 valence electrons. The molecule has 5 nitrogen and oxygen atoms in total. The van der Waals surface area contributed by atoms with E-state index in [1.54, 1.807) is 11.3 Å². The summed E-state index contributed by atoms with van der Waals surface area (Å²) in [5.74, 6) is 0.505. The van der Waals surface area contributed by atoms with Gasteiger partial charge in [0.15, 0.2) is 0 Å². The third-order valence-corrected chi connectivity index (χ3v) is 6.55. The minimum absolute atomic E-state index is 0.0992. The largest absolute Gasteiger partial charge is 0.411 e. The van der Waals surface area contributed by atoms with Crippen LogP contribution in [-0.4, -0.2) is 21.9 Å². The Balaban J connectivity index is 1.41. The predicted octanol–water partition coefficient (Wildman–Crippen LogP) is 5.56. The first-order valence-corrected chi connectivity index (χ1v) is 11.5. The summed E-state index contributed by atoms with van der Waals surface area (Å²) in [6, 6.07) is 21.4. The van der Waals surface area contributed by atoms with Gasteiger partial charge in [0.25, 0.3) is 5.22 Å². The van der Waals surface area contributed by atoms with Gasteiger partial charge < -0.3 is 9.73 Å². The maximum atomic E-state index is 12.6. The molecular formula is C21H16BrN3O2S2. The van der Waals surface area contributed by atoms with E-state index < -0.39 is 0 Å². The maximum Gasteiger partial charge on any atom is 0.277 e. The Hall–Kier alpha value is -2.42. The van der Waals surface area contributed by atoms with Crippen LogP contribution in [0.2, 0.25) is 0 Å². The van der Waals surface area contributed by atoms with Gasteiger partial charge in [-0.15, -0.1) is 21.5 Å². The summed E-state index contributed by atoms with van der Waals surface area (Å²) in [4.78, 5) is 13.7. The average molecular weight is 486 g/mol. The van der Waals surface area contributed by atoms with Crippen molar-refractivity contribution in [3.63, 3.8) is 0 Å². The molecule has 8 heteroatoms. The number of carbonyl (C=O) groups is 1. The topological polar surface area (TPSA) is 68.0 Å². The molecular weight excluding hydrogens is 470 g/mol. The zero-order valence-corrected chi connectivity index (χ0v) is 18.3. The van der Waals surface area contributed by atoms with Gasteiger partial charge in [0.05, 0.1) is 17.4 Å². The number of hydrogen-bond acceptors (Lipinski definition) is 6. The van der Waals surface area contributed by atoms with Crippen LogP contribution in [0.4, 0.5) is 0 Å². The molecule has 1 unspecified atom stereocenters. The van der Waals surface area contributed by atoms with Gasteiger partial charge in [-0.2, -0.15) is 0 Å². The highest BCUT2D eigenvalue weighted by atomic mass is 79.9. The highest BCUT2D eigenvalue weighted by Gasteiger charge is 2.19. The number of thioether (sulfide) groups is 1. The average Bonchev–Trinajstić information content (AvgIpc) is 3.44. The van der Waals surface area contributed by atoms with Crippen molar-refractivity contribution in [3.8, 4) is 11.5 Å². The predicted molar refractivity (Wildman–Crippen MR) is 119 cm³/mol. The van der Waals surface area contributed by atoms with Crippen molar-refractivity contribution < 1.29 is 9.21 Å². The van der Waals surface area contributed by atoms with Crippen LogP contribution >= 0.6 is 39.0 Å². The second kappa shape index (κ2) is 9.39. The Morgan fingerprint density at radius 1 is 1.07 bits per heavy atom. The summed E-state index contributed by atoms with van der Waals surface area (Å²) in [7, 11) is 0. The third kappa shape index (κ3) is 4.95. The first kappa shape index (κ1) is 19.9. The fraction of sp³-hybridized carbons (Fsp3) is 0.0952. The molecule has 0 spiro atoms. The number of carbonyl (C=O) groups excluding carboxylic acids is 1. The molecule has 0 aliphatic carbocycles. The number of rotatable bonds is 7. The number of nitrogens with zero attached hydrogens (tertiary/aromatic N) is 2. The fourth-order valence-corrected chi connectivity index (χ4v) is 4.59. The van der Waals surface area contributed by atoms with Crippen molar-refractivity contribution in [2.75, 3.05) is 5.75 Å². The molecule has 0 fully saturated rings. The Labute approximate surface area is 184 Å². The first-order chi connectivity index (χ1) is 14.2.